The van der Waals surface area contributed by atoms with Gasteiger partial charge in [-0.05, 0) is 0 Å². The van der Waals surface area contributed by atoms with Gasteiger partial charge in [0.05, 0.1) is 26.4 Å². The van der Waals surface area contributed by atoms with Gasteiger partial charge in [0.25, 0.3) is 0 Å². The summed E-state index contributed by atoms with van der Waals surface area (Å²) in [5, 5.41) is 153. The minimum atomic E-state index is -1.74. The van der Waals surface area contributed by atoms with Crippen molar-refractivity contribution < 1.29 is 110 Å². The Labute approximate surface area is 260 Å². The Morgan fingerprint density at radius 1 is 0.326 bits per heavy atom. The van der Waals surface area contributed by atoms with Crippen LogP contribution >= 0.6 is 0 Å². The zero-order valence-corrected chi connectivity index (χ0v) is 24.0. The highest BCUT2D eigenvalue weighted by Gasteiger charge is 2.51. The van der Waals surface area contributed by atoms with Gasteiger partial charge in [0.1, 0.15) is 97.7 Å². The van der Waals surface area contributed by atoms with Gasteiger partial charge in [-0.2, -0.15) is 0 Å². The fourth-order valence-electron chi connectivity index (χ4n) is 5.14. The highest BCUT2D eigenvalue weighted by atomic mass is 16.7. The maximum Gasteiger partial charge on any atom is 0.187 e. The van der Waals surface area contributed by atoms with Crippen LogP contribution in [-0.2, 0) is 28.4 Å². The van der Waals surface area contributed by atoms with E-state index in [1.807, 2.05) is 0 Å². The van der Waals surface area contributed by atoms with Crippen molar-refractivity contribution in [2.75, 3.05) is 26.4 Å². The molecule has 0 bridgehead atoms. The molecular formula is C24H44O22. The predicted molar refractivity (Wildman–Crippen MR) is 137 cm³/mol. The number of aliphatic hydroxyl groups is 16. The molecule has 4 aliphatic rings. The molecule has 272 valence electrons. The molecule has 20 atom stereocenters. The molecule has 46 heavy (non-hydrogen) atoms. The Morgan fingerprint density at radius 2 is 0.630 bits per heavy atom. The maximum absolute atomic E-state index is 9.94. The molecule has 4 saturated heterocycles. The second-order valence-electron chi connectivity index (χ2n) is 11.1. The molecule has 0 aromatic rings. The minimum Gasteiger partial charge on any atom is -0.394 e. The van der Waals surface area contributed by atoms with Crippen LogP contribution in [-0.4, -0.2) is 231 Å². The average molecular weight is 685 g/mol. The van der Waals surface area contributed by atoms with Crippen molar-refractivity contribution in [1.29, 1.82) is 0 Å². The lowest BCUT2D eigenvalue weighted by Gasteiger charge is -2.45. The zero-order valence-electron chi connectivity index (χ0n) is 24.0. The minimum absolute atomic E-state index is 0.667. The summed E-state index contributed by atoms with van der Waals surface area (Å²) in [6.45, 7) is -2.69. The molecule has 4 heterocycles. The summed E-state index contributed by atoms with van der Waals surface area (Å²) >= 11 is 0. The lowest BCUT2D eigenvalue weighted by atomic mass is 9.97. The SMILES string of the molecule is OC[C@H]1O[C@@H](O[C@H]2[C@H](O)[C@@H](O)[C@H](O)O[C@@H]2CO)[C@H](O)[C@@H](O)[C@@H]1O.OC[C@H]1O[C@@H](O[C@H]2[C@H](O)[C@@H](O)[C@H](O)O[C@@H]2CO)[C@H](O)[C@@H](O)[C@H]1O. The van der Waals surface area contributed by atoms with E-state index < -0.39 is 149 Å². The smallest absolute Gasteiger partial charge is 0.187 e. The first kappa shape index (κ1) is 39.6. The molecule has 22 nitrogen and oxygen atoms in total. The first-order valence-corrected chi connectivity index (χ1v) is 14.2. The molecule has 0 aromatic heterocycles. The summed E-state index contributed by atoms with van der Waals surface area (Å²) in [6.07, 6.45) is -31.1. The van der Waals surface area contributed by atoms with Crippen LogP contribution in [0.1, 0.15) is 0 Å². The molecule has 0 spiro atoms. The van der Waals surface area contributed by atoms with Gasteiger partial charge in [0.15, 0.2) is 25.2 Å². The molecular weight excluding hydrogens is 640 g/mol. The lowest BCUT2D eigenvalue weighted by Crippen LogP contribution is -2.64. The summed E-state index contributed by atoms with van der Waals surface area (Å²) in [5.41, 5.74) is 0. The third-order valence-corrected chi connectivity index (χ3v) is 7.96. The number of ether oxygens (including phenoxy) is 6. The summed E-state index contributed by atoms with van der Waals surface area (Å²) < 4.78 is 30.5. The fraction of sp³-hybridized carbons (Fsp3) is 1.00. The molecule has 0 radical (unpaired) electrons. The van der Waals surface area contributed by atoms with Crippen molar-refractivity contribution in [3.05, 3.63) is 0 Å². The van der Waals surface area contributed by atoms with Gasteiger partial charge in [0.2, 0.25) is 0 Å². The zero-order chi connectivity index (χ0) is 34.6. The van der Waals surface area contributed by atoms with E-state index in [9.17, 15) is 71.5 Å². The van der Waals surface area contributed by atoms with Crippen LogP contribution in [0.4, 0.5) is 0 Å². The topological polar surface area (TPSA) is 379 Å². The van der Waals surface area contributed by atoms with E-state index in [2.05, 4.69) is 0 Å². The first-order chi connectivity index (χ1) is 21.6. The third kappa shape index (κ3) is 8.45. The van der Waals surface area contributed by atoms with Gasteiger partial charge in [-0.1, -0.05) is 0 Å². The Hall–Kier alpha value is -0.880. The van der Waals surface area contributed by atoms with Gasteiger partial charge < -0.3 is 110 Å². The van der Waals surface area contributed by atoms with Gasteiger partial charge in [0, 0.05) is 0 Å². The van der Waals surface area contributed by atoms with Crippen molar-refractivity contribution in [3.63, 3.8) is 0 Å². The van der Waals surface area contributed by atoms with Gasteiger partial charge in [-0.25, -0.2) is 0 Å². The molecule has 4 rings (SSSR count). The number of hydrogen-bond acceptors (Lipinski definition) is 22. The van der Waals surface area contributed by atoms with Gasteiger partial charge in [-0.15, -0.1) is 0 Å². The van der Waals surface area contributed by atoms with Crippen LogP contribution in [0.5, 0.6) is 0 Å². The Balaban J connectivity index is 0.000000250. The number of aliphatic hydroxyl groups excluding tert-OH is 16. The number of rotatable bonds is 8. The Kier molecular flexibility index (Phi) is 14.8. The van der Waals surface area contributed by atoms with Crippen molar-refractivity contribution >= 4 is 0 Å². The van der Waals surface area contributed by atoms with E-state index in [0.717, 1.165) is 0 Å². The molecule has 0 saturated carbocycles. The van der Waals surface area contributed by atoms with Crippen LogP contribution in [0.15, 0.2) is 0 Å². The molecule has 0 aliphatic carbocycles. The fourth-order valence-corrected chi connectivity index (χ4v) is 5.14. The predicted octanol–water partition coefficient (Wildman–Crippen LogP) is -10.8. The molecule has 0 aromatic carbocycles. The summed E-state index contributed by atoms with van der Waals surface area (Å²) in [7, 11) is 0. The normalized spacial score (nSPS) is 51.7. The second-order valence-corrected chi connectivity index (χ2v) is 11.1. The highest BCUT2D eigenvalue weighted by molar-refractivity contribution is 4.95. The van der Waals surface area contributed by atoms with E-state index >= 15 is 0 Å². The van der Waals surface area contributed by atoms with Crippen molar-refractivity contribution in [2.24, 2.45) is 0 Å². The summed E-state index contributed by atoms with van der Waals surface area (Å²) in [5.74, 6) is 0. The van der Waals surface area contributed by atoms with Crippen molar-refractivity contribution in [2.45, 2.75) is 123 Å². The molecule has 0 unspecified atom stereocenters. The highest BCUT2D eigenvalue weighted by Crippen LogP contribution is 2.30. The van der Waals surface area contributed by atoms with E-state index in [4.69, 9.17) is 38.6 Å². The summed E-state index contributed by atoms with van der Waals surface area (Å²) in [6, 6.07) is 0. The molecule has 16 N–H and O–H groups in total. The van der Waals surface area contributed by atoms with E-state index in [1.165, 1.54) is 0 Å². The maximum atomic E-state index is 9.94. The molecule has 22 heteroatoms. The van der Waals surface area contributed by atoms with Crippen LogP contribution in [0.25, 0.3) is 0 Å². The Morgan fingerprint density at radius 3 is 0.913 bits per heavy atom. The molecule has 0 amide bonds. The summed E-state index contributed by atoms with van der Waals surface area (Å²) in [4.78, 5) is 0. The first-order valence-electron chi connectivity index (χ1n) is 14.2. The van der Waals surface area contributed by atoms with Crippen molar-refractivity contribution in [3.8, 4) is 0 Å². The Bertz CT molecular complexity index is 826. The van der Waals surface area contributed by atoms with Crippen LogP contribution in [0.3, 0.4) is 0 Å². The van der Waals surface area contributed by atoms with Gasteiger partial charge in [-0.3, -0.25) is 0 Å². The lowest BCUT2D eigenvalue weighted by molar-refractivity contribution is -0.355. The largest absolute Gasteiger partial charge is 0.394 e. The van der Waals surface area contributed by atoms with Gasteiger partial charge >= 0.3 is 0 Å². The third-order valence-electron chi connectivity index (χ3n) is 7.96. The molecule has 4 aliphatic heterocycles. The standard InChI is InChI=1S/2C12H22O11/c2*13-1-3-5(15)6(16)9(19)12(22-3)23-10-4(2-14)21-11(20)8(18)7(10)17/h2*3-20H,1-2H2/t3-,4-,5+,6+,7-,8-,9-,10-,11-,12+;3-,4-,5-,6+,7-,8-,9-,10-,11-,12+/m11/s1. The number of hydrogen-bond donors (Lipinski definition) is 16. The van der Waals surface area contributed by atoms with Crippen LogP contribution < -0.4 is 0 Å². The quantitative estimate of drug-likeness (QED) is 0.113. The van der Waals surface area contributed by atoms with E-state index in [0.29, 0.717) is 0 Å². The van der Waals surface area contributed by atoms with Crippen LogP contribution in [0.2, 0.25) is 0 Å². The second kappa shape index (κ2) is 17.2. The average Bonchev–Trinajstić information content (AvgIpc) is 3.05. The van der Waals surface area contributed by atoms with Crippen LogP contribution in [0, 0.1) is 0 Å². The van der Waals surface area contributed by atoms with Crippen molar-refractivity contribution in [1.82, 2.24) is 0 Å². The van der Waals surface area contributed by atoms with E-state index in [-0.39, 0.29) is 0 Å². The van der Waals surface area contributed by atoms with E-state index in [1.54, 1.807) is 0 Å². The monoisotopic (exact) mass is 684 g/mol. The molecule has 4 fully saturated rings.